The number of rotatable bonds is 6. The number of anilines is 4. The molecule has 3 aromatic carbocycles. The Balaban J connectivity index is 2.07. The number of amides is 2. The third-order valence-corrected chi connectivity index (χ3v) is 4.79. The Kier molecular flexibility index (Phi) is 7.12. The van der Waals surface area contributed by atoms with Gasteiger partial charge in [0.1, 0.15) is 0 Å². The lowest BCUT2D eigenvalue weighted by molar-refractivity contribution is 0.0583. The molecule has 0 aliphatic rings. The number of nitrogens with one attached hydrogen (secondary N) is 2. The fraction of sp³-hybridized carbons (Fsp3) is 0.0833. The molecule has 174 valence electrons. The fourth-order valence-electron chi connectivity index (χ4n) is 3.06. The normalized spacial score (nSPS) is 10.2. The zero-order chi connectivity index (χ0) is 24.8. The van der Waals surface area contributed by atoms with E-state index in [1.807, 2.05) is 0 Å². The number of nitrogens with two attached hydrogens (primary N) is 2. The van der Waals surface area contributed by atoms with Crippen molar-refractivity contribution in [3.8, 4) is 0 Å². The van der Waals surface area contributed by atoms with E-state index in [1.54, 1.807) is 48.5 Å². The molecular formula is C24H22N4O6. The Bertz CT molecular complexity index is 1150. The van der Waals surface area contributed by atoms with Crippen LogP contribution in [0.2, 0.25) is 0 Å². The van der Waals surface area contributed by atoms with Gasteiger partial charge in [0, 0.05) is 22.7 Å². The molecule has 0 fully saturated rings. The highest BCUT2D eigenvalue weighted by atomic mass is 16.5. The first-order valence-electron chi connectivity index (χ1n) is 9.92. The minimum atomic E-state index is -0.875. The smallest absolute Gasteiger partial charge is 0.338 e. The standard InChI is InChI=1S/C24H22N4O6/c1-33-23(31)19-11-18(22(30)28-16-9-5-14(26)6-10-16)20(24(32)34-2)12-17(19)21(29)27-15-7-3-13(25)4-8-15/h3-12H,25-26H2,1-2H3,(H,27,29)(H,28,30). The predicted octanol–water partition coefficient (Wildman–Crippen LogP) is 2.93. The van der Waals surface area contributed by atoms with Gasteiger partial charge in [0.05, 0.1) is 36.5 Å². The summed E-state index contributed by atoms with van der Waals surface area (Å²) in [7, 11) is 2.26. The Hall–Kier alpha value is -4.86. The van der Waals surface area contributed by atoms with E-state index in [2.05, 4.69) is 10.6 Å². The van der Waals surface area contributed by atoms with E-state index >= 15 is 0 Å². The molecule has 0 unspecified atom stereocenters. The number of nitrogen functional groups attached to an aromatic ring is 2. The molecule has 10 nitrogen and oxygen atoms in total. The molecule has 0 spiro atoms. The van der Waals surface area contributed by atoms with Crippen LogP contribution in [0.1, 0.15) is 41.4 Å². The Morgan fingerprint density at radius 1 is 0.588 bits per heavy atom. The van der Waals surface area contributed by atoms with Gasteiger partial charge in [0.25, 0.3) is 11.8 Å². The van der Waals surface area contributed by atoms with Gasteiger partial charge in [-0.2, -0.15) is 0 Å². The highest BCUT2D eigenvalue weighted by Gasteiger charge is 2.27. The number of ether oxygens (including phenoxy) is 2. The van der Waals surface area contributed by atoms with Gasteiger partial charge >= 0.3 is 11.9 Å². The molecule has 0 aliphatic carbocycles. The molecule has 0 saturated carbocycles. The maximum Gasteiger partial charge on any atom is 0.338 e. The highest BCUT2D eigenvalue weighted by molar-refractivity contribution is 6.17. The van der Waals surface area contributed by atoms with Crippen molar-refractivity contribution in [1.82, 2.24) is 0 Å². The van der Waals surface area contributed by atoms with Crippen LogP contribution in [-0.2, 0) is 9.47 Å². The van der Waals surface area contributed by atoms with Crippen molar-refractivity contribution in [2.45, 2.75) is 0 Å². The Morgan fingerprint density at radius 3 is 1.21 bits per heavy atom. The molecule has 10 heteroatoms. The summed E-state index contributed by atoms with van der Waals surface area (Å²) >= 11 is 0. The van der Waals surface area contributed by atoms with Crippen LogP contribution in [0, 0.1) is 0 Å². The summed E-state index contributed by atoms with van der Waals surface area (Å²) in [5, 5.41) is 5.23. The number of esters is 2. The molecule has 0 aromatic heterocycles. The second-order valence-corrected chi connectivity index (χ2v) is 7.08. The number of benzene rings is 3. The summed E-state index contributed by atoms with van der Waals surface area (Å²) in [5.74, 6) is -3.16. The average Bonchev–Trinajstić information content (AvgIpc) is 2.84. The topological polar surface area (TPSA) is 163 Å². The first-order chi connectivity index (χ1) is 16.2. The molecule has 0 bridgehead atoms. The van der Waals surface area contributed by atoms with Crippen molar-refractivity contribution in [3.05, 3.63) is 82.9 Å². The molecule has 2 amide bonds. The van der Waals surface area contributed by atoms with Crippen LogP contribution in [-0.4, -0.2) is 38.0 Å². The summed E-state index contributed by atoms with van der Waals surface area (Å²) in [6, 6.07) is 14.8. The molecule has 0 atom stereocenters. The first kappa shape index (κ1) is 23.8. The van der Waals surface area contributed by atoms with Gasteiger partial charge < -0.3 is 31.6 Å². The lowest BCUT2D eigenvalue weighted by Gasteiger charge is -2.15. The molecule has 0 saturated heterocycles. The van der Waals surface area contributed by atoms with Crippen LogP contribution in [0.15, 0.2) is 60.7 Å². The number of methoxy groups -OCH3 is 2. The van der Waals surface area contributed by atoms with Gasteiger partial charge in [0.15, 0.2) is 0 Å². The Morgan fingerprint density at radius 2 is 0.912 bits per heavy atom. The highest BCUT2D eigenvalue weighted by Crippen LogP contribution is 2.23. The molecule has 0 heterocycles. The average molecular weight is 462 g/mol. The summed E-state index contributed by atoms with van der Waals surface area (Å²) in [4.78, 5) is 50.9. The minimum absolute atomic E-state index is 0.187. The van der Waals surface area contributed by atoms with Crippen molar-refractivity contribution >= 4 is 46.5 Å². The second-order valence-electron chi connectivity index (χ2n) is 7.08. The van der Waals surface area contributed by atoms with Crippen LogP contribution in [0.25, 0.3) is 0 Å². The van der Waals surface area contributed by atoms with Crippen molar-refractivity contribution in [2.24, 2.45) is 0 Å². The molecule has 3 aromatic rings. The van der Waals surface area contributed by atoms with Crippen LogP contribution >= 0.6 is 0 Å². The van der Waals surface area contributed by atoms with Gasteiger partial charge in [-0.15, -0.1) is 0 Å². The third kappa shape index (κ3) is 5.30. The molecule has 0 radical (unpaired) electrons. The maximum atomic E-state index is 13.0. The quantitative estimate of drug-likeness (QED) is 0.321. The number of carbonyl (C=O) groups excluding carboxylic acids is 4. The van der Waals surface area contributed by atoms with E-state index in [1.165, 1.54) is 0 Å². The van der Waals surface area contributed by atoms with Gasteiger partial charge in [0.2, 0.25) is 0 Å². The fourth-order valence-corrected chi connectivity index (χ4v) is 3.06. The maximum absolute atomic E-state index is 13.0. The van der Waals surface area contributed by atoms with E-state index in [0.29, 0.717) is 22.7 Å². The molecule has 34 heavy (non-hydrogen) atoms. The van der Waals surface area contributed by atoms with E-state index in [-0.39, 0.29) is 22.3 Å². The monoisotopic (exact) mass is 462 g/mol. The van der Waals surface area contributed by atoms with Crippen LogP contribution < -0.4 is 22.1 Å². The Labute approximate surface area is 194 Å². The minimum Gasteiger partial charge on any atom is -0.465 e. The van der Waals surface area contributed by atoms with E-state index in [0.717, 1.165) is 26.4 Å². The van der Waals surface area contributed by atoms with Crippen LogP contribution in [0.4, 0.5) is 22.7 Å². The van der Waals surface area contributed by atoms with Gasteiger partial charge in [-0.05, 0) is 60.7 Å². The number of hydrogen-bond donors (Lipinski definition) is 4. The van der Waals surface area contributed by atoms with Gasteiger partial charge in [-0.25, -0.2) is 9.59 Å². The van der Waals surface area contributed by atoms with Crippen LogP contribution in [0.3, 0.4) is 0 Å². The SMILES string of the molecule is COC(=O)c1cc(C(=O)Nc2ccc(N)cc2)c(C(=O)OC)cc1C(=O)Nc1ccc(N)cc1. The zero-order valence-corrected chi connectivity index (χ0v) is 18.4. The zero-order valence-electron chi connectivity index (χ0n) is 18.4. The predicted molar refractivity (Wildman–Crippen MR) is 127 cm³/mol. The number of carbonyl (C=O) groups is 4. The van der Waals surface area contributed by atoms with E-state index < -0.39 is 23.8 Å². The second kappa shape index (κ2) is 10.2. The lowest BCUT2D eigenvalue weighted by atomic mass is 9.96. The lowest BCUT2D eigenvalue weighted by Crippen LogP contribution is -2.23. The van der Waals surface area contributed by atoms with Gasteiger partial charge in [-0.3, -0.25) is 9.59 Å². The van der Waals surface area contributed by atoms with Crippen molar-refractivity contribution in [1.29, 1.82) is 0 Å². The third-order valence-electron chi connectivity index (χ3n) is 4.79. The first-order valence-corrected chi connectivity index (χ1v) is 9.92. The van der Waals surface area contributed by atoms with Crippen molar-refractivity contribution < 1.29 is 28.7 Å². The summed E-state index contributed by atoms with van der Waals surface area (Å²) in [6.45, 7) is 0. The van der Waals surface area contributed by atoms with Crippen LogP contribution in [0.5, 0.6) is 0 Å². The van der Waals surface area contributed by atoms with Gasteiger partial charge in [-0.1, -0.05) is 0 Å². The molecule has 3 rings (SSSR count). The van der Waals surface area contributed by atoms with E-state index in [4.69, 9.17) is 20.9 Å². The largest absolute Gasteiger partial charge is 0.465 e. The molecular weight excluding hydrogens is 440 g/mol. The number of hydrogen-bond acceptors (Lipinski definition) is 8. The van der Waals surface area contributed by atoms with Crippen molar-refractivity contribution in [2.75, 3.05) is 36.3 Å². The summed E-state index contributed by atoms with van der Waals surface area (Å²) < 4.78 is 9.58. The molecule has 6 N–H and O–H groups in total. The van der Waals surface area contributed by atoms with E-state index in [9.17, 15) is 19.2 Å². The summed E-state index contributed by atoms with van der Waals surface area (Å²) in [5.41, 5.74) is 12.3. The summed E-state index contributed by atoms with van der Waals surface area (Å²) in [6.07, 6.45) is 0. The molecule has 0 aliphatic heterocycles. The van der Waals surface area contributed by atoms with Crippen molar-refractivity contribution in [3.63, 3.8) is 0 Å².